The Labute approximate surface area is 164 Å². The summed E-state index contributed by atoms with van der Waals surface area (Å²) in [6, 6.07) is 15.6. The number of fused-ring (bicyclic) bond motifs is 1. The van der Waals surface area contributed by atoms with Crippen molar-refractivity contribution in [3.05, 3.63) is 59.8 Å². The van der Waals surface area contributed by atoms with Crippen LogP contribution in [0.4, 0.5) is 5.82 Å². The highest BCUT2D eigenvalue weighted by molar-refractivity contribution is 5.98. The SMILES string of the molecule is COc1ccccc1-c1c(C)nn(C)c1NC(=O)[C@@H]1CCc2ccccc2O1. The van der Waals surface area contributed by atoms with Gasteiger partial charge in [0.25, 0.3) is 5.91 Å². The molecule has 1 aliphatic heterocycles. The van der Waals surface area contributed by atoms with Gasteiger partial charge < -0.3 is 14.8 Å². The van der Waals surface area contributed by atoms with Crippen molar-refractivity contribution < 1.29 is 14.3 Å². The Balaban J connectivity index is 1.63. The van der Waals surface area contributed by atoms with Gasteiger partial charge >= 0.3 is 0 Å². The van der Waals surface area contributed by atoms with Crippen LogP contribution in [0.1, 0.15) is 17.7 Å². The van der Waals surface area contributed by atoms with Crippen LogP contribution in [0.25, 0.3) is 11.1 Å². The molecule has 0 radical (unpaired) electrons. The normalized spacial score (nSPS) is 15.5. The van der Waals surface area contributed by atoms with Gasteiger partial charge in [0, 0.05) is 12.6 Å². The maximum Gasteiger partial charge on any atom is 0.266 e. The molecule has 28 heavy (non-hydrogen) atoms. The predicted octanol–water partition coefficient (Wildman–Crippen LogP) is 3.74. The van der Waals surface area contributed by atoms with E-state index in [4.69, 9.17) is 9.47 Å². The van der Waals surface area contributed by atoms with Crippen LogP contribution >= 0.6 is 0 Å². The third kappa shape index (κ3) is 3.22. The van der Waals surface area contributed by atoms with Crippen molar-refractivity contribution in [2.45, 2.75) is 25.9 Å². The molecular weight excluding hydrogens is 354 g/mol. The summed E-state index contributed by atoms with van der Waals surface area (Å²) in [5, 5.41) is 7.53. The van der Waals surface area contributed by atoms with Crippen molar-refractivity contribution in [2.24, 2.45) is 7.05 Å². The number of anilines is 1. The molecule has 0 fully saturated rings. The number of para-hydroxylation sites is 2. The highest BCUT2D eigenvalue weighted by atomic mass is 16.5. The first kappa shape index (κ1) is 18.1. The van der Waals surface area contributed by atoms with Gasteiger partial charge in [-0.05, 0) is 37.5 Å². The third-order valence-electron chi connectivity index (χ3n) is 5.05. The van der Waals surface area contributed by atoms with E-state index < -0.39 is 6.10 Å². The van der Waals surface area contributed by atoms with E-state index in [1.807, 2.05) is 62.5 Å². The first-order valence-corrected chi connectivity index (χ1v) is 9.31. The molecule has 6 nitrogen and oxygen atoms in total. The van der Waals surface area contributed by atoms with Crippen molar-refractivity contribution in [1.82, 2.24) is 9.78 Å². The molecule has 0 aliphatic carbocycles. The molecule has 0 bridgehead atoms. The first-order chi connectivity index (χ1) is 13.6. The van der Waals surface area contributed by atoms with E-state index >= 15 is 0 Å². The molecule has 2 heterocycles. The summed E-state index contributed by atoms with van der Waals surface area (Å²) in [6.45, 7) is 1.92. The zero-order valence-electron chi connectivity index (χ0n) is 16.2. The molecule has 1 N–H and O–H groups in total. The number of aromatic nitrogens is 2. The number of carbonyl (C=O) groups excluding carboxylic acids is 1. The van der Waals surface area contributed by atoms with Gasteiger partial charge in [0.15, 0.2) is 6.10 Å². The molecule has 3 aromatic rings. The molecule has 6 heteroatoms. The number of nitrogens with one attached hydrogen (secondary N) is 1. The summed E-state index contributed by atoms with van der Waals surface area (Å²) in [5.74, 6) is 1.97. The van der Waals surface area contributed by atoms with Gasteiger partial charge in [-0.2, -0.15) is 5.10 Å². The van der Waals surface area contributed by atoms with Crippen LogP contribution in [0.15, 0.2) is 48.5 Å². The molecule has 1 amide bonds. The molecule has 0 spiro atoms. The number of hydrogen-bond donors (Lipinski definition) is 1. The second kappa shape index (κ2) is 7.38. The van der Waals surface area contributed by atoms with Crippen molar-refractivity contribution in [3.63, 3.8) is 0 Å². The minimum Gasteiger partial charge on any atom is -0.496 e. The van der Waals surface area contributed by atoms with Crippen LogP contribution in [-0.2, 0) is 18.3 Å². The Kier molecular flexibility index (Phi) is 4.77. The van der Waals surface area contributed by atoms with Gasteiger partial charge in [0.05, 0.1) is 18.4 Å². The molecule has 1 aliphatic rings. The first-order valence-electron chi connectivity index (χ1n) is 9.31. The lowest BCUT2D eigenvalue weighted by Crippen LogP contribution is -2.36. The Morgan fingerprint density at radius 1 is 1.21 bits per heavy atom. The molecular formula is C22H23N3O3. The maximum absolute atomic E-state index is 13.0. The second-order valence-corrected chi connectivity index (χ2v) is 6.88. The van der Waals surface area contributed by atoms with E-state index in [0.29, 0.717) is 12.2 Å². The third-order valence-corrected chi connectivity index (χ3v) is 5.05. The molecule has 0 saturated heterocycles. The number of nitrogens with zero attached hydrogens (tertiary/aromatic N) is 2. The number of benzene rings is 2. The van der Waals surface area contributed by atoms with Gasteiger partial charge in [-0.15, -0.1) is 0 Å². The second-order valence-electron chi connectivity index (χ2n) is 6.88. The fourth-order valence-electron chi connectivity index (χ4n) is 3.68. The minimum atomic E-state index is -0.532. The average molecular weight is 377 g/mol. The average Bonchev–Trinajstić information content (AvgIpc) is 3.00. The molecule has 1 aromatic heterocycles. The molecule has 0 saturated carbocycles. The lowest BCUT2D eigenvalue weighted by atomic mass is 10.0. The van der Waals surface area contributed by atoms with E-state index in [0.717, 1.165) is 40.3 Å². The zero-order chi connectivity index (χ0) is 19.7. The number of aryl methyl sites for hydroxylation is 3. The van der Waals surface area contributed by atoms with Crippen molar-refractivity contribution in [1.29, 1.82) is 0 Å². The lowest BCUT2D eigenvalue weighted by molar-refractivity contribution is -0.123. The molecule has 0 unspecified atom stereocenters. The monoisotopic (exact) mass is 377 g/mol. The lowest BCUT2D eigenvalue weighted by Gasteiger charge is -2.25. The standard InChI is InChI=1S/C22H23N3O3/c1-14-20(16-9-5-7-11-18(16)27-3)21(25(2)24-14)23-22(26)19-13-12-15-8-4-6-10-17(15)28-19/h4-11,19H,12-13H2,1-3H3,(H,23,26)/t19-/m0/s1. The van der Waals surface area contributed by atoms with Crippen LogP contribution < -0.4 is 14.8 Å². The van der Waals surface area contributed by atoms with Crippen LogP contribution in [0.5, 0.6) is 11.5 Å². The Morgan fingerprint density at radius 2 is 1.96 bits per heavy atom. The van der Waals surface area contributed by atoms with Crippen LogP contribution in [0.2, 0.25) is 0 Å². The van der Waals surface area contributed by atoms with Gasteiger partial charge in [0.1, 0.15) is 17.3 Å². The van der Waals surface area contributed by atoms with E-state index in [9.17, 15) is 4.79 Å². The van der Waals surface area contributed by atoms with E-state index in [1.54, 1.807) is 11.8 Å². The van der Waals surface area contributed by atoms with Gasteiger partial charge in [0.2, 0.25) is 0 Å². The van der Waals surface area contributed by atoms with Crippen molar-refractivity contribution in [3.8, 4) is 22.6 Å². The number of rotatable bonds is 4. The number of hydrogen-bond acceptors (Lipinski definition) is 4. The Morgan fingerprint density at radius 3 is 2.79 bits per heavy atom. The van der Waals surface area contributed by atoms with E-state index in [2.05, 4.69) is 10.4 Å². The van der Waals surface area contributed by atoms with Crippen molar-refractivity contribution in [2.75, 3.05) is 12.4 Å². The summed E-state index contributed by atoms with van der Waals surface area (Å²) in [7, 11) is 3.45. The van der Waals surface area contributed by atoms with Gasteiger partial charge in [-0.1, -0.05) is 36.4 Å². The minimum absolute atomic E-state index is 0.173. The van der Waals surface area contributed by atoms with Crippen LogP contribution in [0, 0.1) is 6.92 Å². The number of methoxy groups -OCH3 is 1. The topological polar surface area (TPSA) is 65.4 Å². The fourth-order valence-corrected chi connectivity index (χ4v) is 3.68. The highest BCUT2D eigenvalue weighted by Crippen LogP contribution is 2.37. The summed E-state index contributed by atoms with van der Waals surface area (Å²) in [4.78, 5) is 13.0. The molecule has 4 rings (SSSR count). The number of amides is 1. The zero-order valence-corrected chi connectivity index (χ0v) is 16.2. The number of ether oxygens (including phenoxy) is 2. The highest BCUT2D eigenvalue weighted by Gasteiger charge is 2.28. The quantitative estimate of drug-likeness (QED) is 0.752. The fraction of sp³-hybridized carbons (Fsp3) is 0.273. The molecule has 1 atom stereocenters. The van der Waals surface area contributed by atoms with Crippen LogP contribution in [-0.4, -0.2) is 28.9 Å². The Bertz CT molecular complexity index is 1030. The van der Waals surface area contributed by atoms with Crippen molar-refractivity contribution >= 4 is 11.7 Å². The Hall–Kier alpha value is -3.28. The predicted molar refractivity (Wildman–Crippen MR) is 108 cm³/mol. The molecule has 144 valence electrons. The summed E-state index contributed by atoms with van der Waals surface area (Å²) in [6.07, 6.45) is 0.928. The van der Waals surface area contributed by atoms with Crippen LogP contribution in [0.3, 0.4) is 0 Å². The maximum atomic E-state index is 13.0. The van der Waals surface area contributed by atoms with Gasteiger partial charge in [-0.25, -0.2) is 0 Å². The summed E-state index contributed by atoms with van der Waals surface area (Å²) < 4.78 is 13.1. The summed E-state index contributed by atoms with van der Waals surface area (Å²) in [5.41, 5.74) is 3.69. The largest absolute Gasteiger partial charge is 0.496 e. The summed E-state index contributed by atoms with van der Waals surface area (Å²) >= 11 is 0. The van der Waals surface area contributed by atoms with Gasteiger partial charge in [-0.3, -0.25) is 9.48 Å². The number of carbonyl (C=O) groups is 1. The smallest absolute Gasteiger partial charge is 0.266 e. The molecule has 2 aromatic carbocycles. The van der Waals surface area contributed by atoms with E-state index in [1.165, 1.54) is 0 Å². The van der Waals surface area contributed by atoms with E-state index in [-0.39, 0.29) is 5.91 Å².